The highest BCUT2D eigenvalue weighted by Crippen LogP contribution is 2.24. The lowest BCUT2D eigenvalue weighted by Crippen LogP contribution is -2.31. The van der Waals surface area contributed by atoms with E-state index in [4.69, 9.17) is 10.5 Å². The van der Waals surface area contributed by atoms with Crippen molar-refractivity contribution >= 4 is 5.82 Å². The number of anilines is 1. The van der Waals surface area contributed by atoms with Crippen LogP contribution in [0.5, 0.6) is 5.75 Å². The van der Waals surface area contributed by atoms with Gasteiger partial charge in [0.15, 0.2) is 5.82 Å². The molecular formula is C12H20N4O2. The van der Waals surface area contributed by atoms with Crippen molar-refractivity contribution in [1.82, 2.24) is 9.97 Å². The van der Waals surface area contributed by atoms with Gasteiger partial charge < -0.3 is 20.8 Å². The first-order valence-electron chi connectivity index (χ1n) is 6.32. The first-order chi connectivity index (χ1) is 8.70. The Morgan fingerprint density at radius 1 is 1.61 bits per heavy atom. The van der Waals surface area contributed by atoms with Crippen molar-refractivity contribution in [3.63, 3.8) is 0 Å². The van der Waals surface area contributed by atoms with Crippen molar-refractivity contribution in [2.45, 2.75) is 31.7 Å². The molecular weight excluding hydrogens is 232 g/mol. The number of aromatic nitrogens is 2. The fourth-order valence-electron chi connectivity index (χ4n) is 2.46. The Morgan fingerprint density at radius 3 is 3.17 bits per heavy atom. The molecule has 0 radical (unpaired) electrons. The van der Waals surface area contributed by atoms with E-state index in [9.17, 15) is 4.79 Å². The molecule has 1 aliphatic rings. The normalized spacial score (nSPS) is 23.7. The fourth-order valence-corrected chi connectivity index (χ4v) is 2.46. The average Bonchev–Trinajstić information content (AvgIpc) is 2.36. The van der Waals surface area contributed by atoms with Gasteiger partial charge in [0, 0.05) is 12.6 Å². The quantitative estimate of drug-likeness (QED) is 0.733. The first-order valence-corrected chi connectivity index (χ1v) is 6.32. The van der Waals surface area contributed by atoms with Crippen molar-refractivity contribution in [2.24, 2.45) is 11.7 Å². The van der Waals surface area contributed by atoms with Crippen LogP contribution in [0.25, 0.3) is 0 Å². The number of H-pyrrole nitrogens is 1. The van der Waals surface area contributed by atoms with Gasteiger partial charge in [-0.1, -0.05) is 6.42 Å². The summed E-state index contributed by atoms with van der Waals surface area (Å²) < 4.78 is 5.04. The highest BCUT2D eigenvalue weighted by atomic mass is 16.5. The van der Waals surface area contributed by atoms with Crippen LogP contribution in [0, 0.1) is 5.92 Å². The molecule has 6 nitrogen and oxygen atoms in total. The molecule has 0 aliphatic heterocycles. The molecule has 0 bridgehead atoms. The van der Waals surface area contributed by atoms with Crippen molar-refractivity contribution in [3.05, 3.63) is 16.7 Å². The Kier molecular flexibility index (Phi) is 4.19. The molecule has 18 heavy (non-hydrogen) atoms. The van der Waals surface area contributed by atoms with Gasteiger partial charge in [-0.15, -0.1) is 0 Å². The highest BCUT2D eigenvalue weighted by molar-refractivity contribution is 5.47. The third-order valence-electron chi connectivity index (χ3n) is 3.40. The summed E-state index contributed by atoms with van der Waals surface area (Å²) in [5, 5.41) is 3.18. The summed E-state index contributed by atoms with van der Waals surface area (Å²) >= 11 is 0. The number of hydrogen-bond donors (Lipinski definition) is 3. The minimum absolute atomic E-state index is 0.234. The summed E-state index contributed by atoms with van der Waals surface area (Å²) in [7, 11) is 1.47. The lowest BCUT2D eigenvalue weighted by molar-refractivity contribution is 0.334. The highest BCUT2D eigenvalue weighted by Gasteiger charge is 2.19. The van der Waals surface area contributed by atoms with Crippen LogP contribution in [0.1, 0.15) is 25.7 Å². The van der Waals surface area contributed by atoms with Crippen LogP contribution in [0.4, 0.5) is 5.82 Å². The summed E-state index contributed by atoms with van der Waals surface area (Å²) in [4.78, 5) is 18.1. The summed E-state index contributed by atoms with van der Waals surface area (Å²) in [6, 6.07) is 0.305. The fraction of sp³-hybridized carbons (Fsp3) is 0.667. The molecule has 2 atom stereocenters. The number of hydrogen-bond acceptors (Lipinski definition) is 5. The van der Waals surface area contributed by atoms with Crippen molar-refractivity contribution in [2.75, 3.05) is 19.0 Å². The van der Waals surface area contributed by atoms with E-state index >= 15 is 0 Å². The van der Waals surface area contributed by atoms with Gasteiger partial charge in [-0.2, -0.15) is 0 Å². The molecule has 1 aromatic heterocycles. The van der Waals surface area contributed by atoms with Crippen molar-refractivity contribution in [3.8, 4) is 5.75 Å². The first kappa shape index (κ1) is 12.9. The summed E-state index contributed by atoms with van der Waals surface area (Å²) in [5.74, 6) is 1.28. The van der Waals surface area contributed by atoms with Crippen LogP contribution >= 0.6 is 0 Å². The van der Waals surface area contributed by atoms with Gasteiger partial charge in [-0.3, -0.25) is 4.79 Å². The number of rotatable bonds is 4. The molecule has 1 saturated carbocycles. The third-order valence-corrected chi connectivity index (χ3v) is 3.40. The largest absolute Gasteiger partial charge is 0.489 e. The molecule has 0 amide bonds. The van der Waals surface area contributed by atoms with Crippen LogP contribution in [0.15, 0.2) is 11.1 Å². The van der Waals surface area contributed by atoms with Crippen LogP contribution in [0.2, 0.25) is 0 Å². The van der Waals surface area contributed by atoms with E-state index in [2.05, 4.69) is 15.3 Å². The lowest BCUT2D eigenvalue weighted by Gasteiger charge is -2.26. The van der Waals surface area contributed by atoms with E-state index in [1.54, 1.807) is 0 Å². The number of methoxy groups -OCH3 is 1. The molecule has 1 fully saturated rings. The molecule has 4 N–H and O–H groups in total. The average molecular weight is 252 g/mol. The molecule has 0 aromatic carbocycles. The zero-order chi connectivity index (χ0) is 13.0. The Balaban J connectivity index is 1.97. The van der Waals surface area contributed by atoms with Gasteiger partial charge in [-0.05, 0) is 25.2 Å². The van der Waals surface area contributed by atoms with Crippen molar-refractivity contribution < 1.29 is 4.74 Å². The Labute approximate surface area is 106 Å². The minimum Gasteiger partial charge on any atom is -0.489 e. The molecule has 0 saturated heterocycles. The Morgan fingerprint density at radius 2 is 2.44 bits per heavy atom. The van der Waals surface area contributed by atoms with E-state index in [-0.39, 0.29) is 11.3 Å². The third kappa shape index (κ3) is 3.01. The van der Waals surface area contributed by atoms with Crippen LogP contribution < -0.4 is 21.3 Å². The second-order valence-electron chi connectivity index (χ2n) is 4.79. The smallest absolute Gasteiger partial charge is 0.295 e. The maximum atomic E-state index is 11.5. The maximum Gasteiger partial charge on any atom is 0.295 e. The monoisotopic (exact) mass is 252 g/mol. The zero-order valence-corrected chi connectivity index (χ0v) is 10.6. The van der Waals surface area contributed by atoms with Gasteiger partial charge in [-0.25, -0.2) is 4.98 Å². The zero-order valence-electron chi connectivity index (χ0n) is 10.6. The topological polar surface area (TPSA) is 93.0 Å². The van der Waals surface area contributed by atoms with E-state index in [0.717, 1.165) is 19.4 Å². The molecule has 1 heterocycles. The molecule has 2 rings (SSSR count). The molecule has 1 aromatic rings. The SMILES string of the molecule is COc1c(NCC2CCCC(N)C2)nc[nH]c1=O. The molecule has 0 spiro atoms. The molecule has 100 valence electrons. The Bertz CT molecular complexity index is 446. The second-order valence-corrected chi connectivity index (χ2v) is 4.79. The van der Waals surface area contributed by atoms with Crippen LogP contribution in [-0.4, -0.2) is 29.7 Å². The molecule has 1 aliphatic carbocycles. The summed E-state index contributed by atoms with van der Waals surface area (Å²) in [6.07, 6.45) is 5.86. The van der Waals surface area contributed by atoms with Crippen LogP contribution in [0.3, 0.4) is 0 Å². The number of nitrogens with zero attached hydrogens (tertiary/aromatic N) is 1. The van der Waals surface area contributed by atoms with E-state index in [1.807, 2.05) is 0 Å². The van der Waals surface area contributed by atoms with Gasteiger partial charge in [0.05, 0.1) is 13.4 Å². The van der Waals surface area contributed by atoms with Crippen molar-refractivity contribution in [1.29, 1.82) is 0 Å². The van der Waals surface area contributed by atoms with E-state index in [1.165, 1.54) is 26.3 Å². The number of aromatic amines is 1. The predicted molar refractivity (Wildman–Crippen MR) is 69.8 cm³/mol. The number of ether oxygens (including phenoxy) is 1. The van der Waals surface area contributed by atoms with Gasteiger partial charge >= 0.3 is 0 Å². The number of nitrogens with two attached hydrogens (primary N) is 1. The summed E-state index contributed by atoms with van der Waals surface area (Å²) in [5.41, 5.74) is 5.68. The van der Waals surface area contributed by atoms with Gasteiger partial charge in [0.1, 0.15) is 0 Å². The van der Waals surface area contributed by atoms with Crippen LogP contribution in [-0.2, 0) is 0 Å². The minimum atomic E-state index is -0.268. The standard InChI is InChI=1S/C12H20N4O2/c1-18-10-11(15-7-16-12(10)17)14-6-8-3-2-4-9(13)5-8/h7-9H,2-6,13H2,1H3,(H2,14,15,16,17). The molecule has 2 unspecified atom stereocenters. The predicted octanol–water partition coefficient (Wildman–Crippen LogP) is 0.708. The van der Waals surface area contributed by atoms with Gasteiger partial charge in [0.25, 0.3) is 5.56 Å². The number of nitrogens with one attached hydrogen (secondary N) is 2. The second kappa shape index (κ2) is 5.86. The Hall–Kier alpha value is -1.56. The maximum absolute atomic E-state index is 11.5. The van der Waals surface area contributed by atoms with E-state index < -0.39 is 0 Å². The molecule has 6 heteroatoms. The van der Waals surface area contributed by atoms with E-state index in [0.29, 0.717) is 17.8 Å². The lowest BCUT2D eigenvalue weighted by atomic mass is 9.86. The van der Waals surface area contributed by atoms with Gasteiger partial charge in [0.2, 0.25) is 5.75 Å². The summed E-state index contributed by atoms with van der Waals surface area (Å²) in [6.45, 7) is 0.778.